The van der Waals surface area contributed by atoms with Crippen molar-refractivity contribution < 1.29 is 14.3 Å². The normalized spacial score (nSPS) is 12.5. The lowest BCUT2D eigenvalue weighted by Gasteiger charge is -2.17. The summed E-state index contributed by atoms with van der Waals surface area (Å²) < 4.78 is 4.99. The zero-order valence-corrected chi connectivity index (χ0v) is 15.3. The number of ether oxygens (including phenoxy) is 1. The number of nitrogens with one attached hydrogen (secondary N) is 1. The van der Waals surface area contributed by atoms with Gasteiger partial charge in [-0.2, -0.15) is 5.10 Å². The van der Waals surface area contributed by atoms with Crippen LogP contribution >= 0.6 is 0 Å². The Bertz CT molecular complexity index is 718. The van der Waals surface area contributed by atoms with Crippen LogP contribution in [0.1, 0.15) is 37.8 Å². The second kappa shape index (κ2) is 9.51. The van der Waals surface area contributed by atoms with Gasteiger partial charge in [-0.05, 0) is 31.9 Å². The minimum Gasteiger partial charge on any atom is -0.465 e. The zero-order valence-electron chi connectivity index (χ0n) is 15.3. The molecule has 1 amide bonds. The molecule has 2 rings (SSSR count). The summed E-state index contributed by atoms with van der Waals surface area (Å²) >= 11 is 0. The molecule has 0 aliphatic rings. The van der Waals surface area contributed by atoms with E-state index in [0.717, 1.165) is 11.1 Å². The Balaban J connectivity index is 2.20. The van der Waals surface area contributed by atoms with Gasteiger partial charge in [0.05, 0.1) is 18.4 Å². The molecule has 1 N–H and O–H groups in total. The van der Waals surface area contributed by atoms with Crippen LogP contribution < -0.4 is 5.43 Å². The number of hydrogen-bond acceptors (Lipinski definition) is 4. The maximum atomic E-state index is 12.8. The molecule has 0 heterocycles. The van der Waals surface area contributed by atoms with E-state index in [1.165, 1.54) is 0 Å². The molecule has 1 atom stereocenters. The topological polar surface area (TPSA) is 67.8 Å². The molecule has 0 unspecified atom stereocenters. The summed E-state index contributed by atoms with van der Waals surface area (Å²) in [6, 6.07) is 19.1. The molecule has 0 aliphatic heterocycles. The quantitative estimate of drug-likeness (QED) is 0.471. The summed E-state index contributed by atoms with van der Waals surface area (Å²) in [4.78, 5) is 24.6. The van der Waals surface area contributed by atoms with Gasteiger partial charge in [-0.15, -0.1) is 0 Å². The molecule has 2 aromatic rings. The monoisotopic (exact) mass is 352 g/mol. The molecule has 0 aliphatic carbocycles. The van der Waals surface area contributed by atoms with Crippen LogP contribution in [-0.4, -0.2) is 24.2 Å². The zero-order chi connectivity index (χ0) is 18.9. The number of esters is 1. The lowest BCUT2D eigenvalue weighted by atomic mass is 9.91. The van der Waals surface area contributed by atoms with Gasteiger partial charge in [-0.1, -0.05) is 60.7 Å². The predicted molar refractivity (Wildman–Crippen MR) is 102 cm³/mol. The van der Waals surface area contributed by atoms with Gasteiger partial charge in [0.25, 0.3) is 5.91 Å². The standard InChI is InChI=1S/C21H24N2O3/c1-4-26-21(25)15(2)16(3)22-23-20(24)19(17-11-7-5-8-12-17)18-13-9-6-10-14-18/h5-15,19H,4H2,1-3H3,(H,23,24)/t15-/m1/s1. The highest BCUT2D eigenvalue weighted by molar-refractivity contribution is 6.01. The van der Waals surface area contributed by atoms with Gasteiger partial charge in [0.1, 0.15) is 0 Å². The first-order valence-corrected chi connectivity index (χ1v) is 8.65. The van der Waals surface area contributed by atoms with Crippen molar-refractivity contribution in [2.24, 2.45) is 11.0 Å². The molecule has 0 saturated carbocycles. The largest absolute Gasteiger partial charge is 0.465 e. The highest BCUT2D eigenvalue weighted by Crippen LogP contribution is 2.24. The van der Waals surface area contributed by atoms with E-state index in [1.807, 2.05) is 60.7 Å². The number of hydrogen-bond donors (Lipinski definition) is 1. The van der Waals surface area contributed by atoms with Gasteiger partial charge in [0, 0.05) is 5.71 Å². The van der Waals surface area contributed by atoms with E-state index in [2.05, 4.69) is 10.5 Å². The summed E-state index contributed by atoms with van der Waals surface area (Å²) in [6.45, 7) is 5.47. The number of benzene rings is 2. The van der Waals surface area contributed by atoms with E-state index in [0.29, 0.717) is 12.3 Å². The van der Waals surface area contributed by atoms with E-state index in [4.69, 9.17) is 4.74 Å². The van der Waals surface area contributed by atoms with E-state index in [9.17, 15) is 9.59 Å². The summed E-state index contributed by atoms with van der Waals surface area (Å²) in [5.41, 5.74) is 4.85. The van der Waals surface area contributed by atoms with Crippen LogP contribution in [0.3, 0.4) is 0 Å². The molecule has 136 valence electrons. The van der Waals surface area contributed by atoms with Gasteiger partial charge in [-0.3, -0.25) is 9.59 Å². The maximum Gasteiger partial charge on any atom is 0.314 e. The van der Waals surface area contributed by atoms with Gasteiger partial charge < -0.3 is 4.74 Å². The number of carbonyl (C=O) groups is 2. The Morgan fingerprint density at radius 3 is 1.96 bits per heavy atom. The van der Waals surface area contributed by atoms with Crippen LogP contribution in [0, 0.1) is 5.92 Å². The fourth-order valence-corrected chi connectivity index (χ4v) is 2.53. The summed E-state index contributed by atoms with van der Waals surface area (Å²) in [5.74, 6) is -1.60. The molecule has 5 nitrogen and oxygen atoms in total. The predicted octanol–water partition coefficient (Wildman–Crippen LogP) is 3.51. The van der Waals surface area contributed by atoms with Crippen molar-refractivity contribution in [3.63, 3.8) is 0 Å². The van der Waals surface area contributed by atoms with Crippen molar-refractivity contribution in [1.82, 2.24) is 5.43 Å². The van der Waals surface area contributed by atoms with Crippen molar-refractivity contribution in [2.45, 2.75) is 26.7 Å². The summed E-state index contributed by atoms with van der Waals surface area (Å²) in [6.07, 6.45) is 0. The Labute approximate surface area is 154 Å². The van der Waals surface area contributed by atoms with E-state index >= 15 is 0 Å². The molecule has 0 bridgehead atoms. The van der Waals surface area contributed by atoms with Crippen LogP contribution in [0.4, 0.5) is 0 Å². The van der Waals surface area contributed by atoms with Crippen molar-refractivity contribution in [2.75, 3.05) is 6.61 Å². The van der Waals surface area contributed by atoms with Crippen LogP contribution in [0.5, 0.6) is 0 Å². The lowest BCUT2D eigenvalue weighted by Crippen LogP contribution is -2.29. The molecule has 0 radical (unpaired) electrons. The van der Waals surface area contributed by atoms with Gasteiger partial charge in [0.15, 0.2) is 0 Å². The first kappa shape index (κ1) is 19.4. The molecule has 0 saturated heterocycles. The summed E-state index contributed by atoms with van der Waals surface area (Å²) in [5, 5.41) is 4.12. The lowest BCUT2D eigenvalue weighted by molar-refractivity contribution is -0.145. The molecule has 5 heteroatoms. The fraction of sp³-hybridized carbons (Fsp3) is 0.286. The van der Waals surface area contributed by atoms with Gasteiger partial charge in [-0.25, -0.2) is 5.43 Å². The third-order valence-electron chi connectivity index (χ3n) is 4.14. The van der Waals surface area contributed by atoms with Crippen molar-refractivity contribution in [1.29, 1.82) is 0 Å². The molecule has 0 spiro atoms. The minimum absolute atomic E-state index is 0.252. The Kier molecular flexibility index (Phi) is 7.09. The highest BCUT2D eigenvalue weighted by atomic mass is 16.5. The van der Waals surface area contributed by atoms with Gasteiger partial charge >= 0.3 is 5.97 Å². The maximum absolute atomic E-state index is 12.8. The van der Waals surface area contributed by atoms with Crippen LogP contribution in [0.15, 0.2) is 65.8 Å². The number of carbonyl (C=O) groups excluding carboxylic acids is 2. The SMILES string of the molecule is CCOC(=O)[C@H](C)C(C)=NNC(=O)C(c1ccccc1)c1ccccc1. The van der Waals surface area contributed by atoms with Crippen molar-refractivity contribution >= 4 is 17.6 Å². The third kappa shape index (κ3) is 5.02. The summed E-state index contributed by atoms with van der Waals surface area (Å²) in [7, 11) is 0. The molecular weight excluding hydrogens is 328 g/mol. The van der Waals surface area contributed by atoms with Crippen molar-refractivity contribution in [3.05, 3.63) is 71.8 Å². The minimum atomic E-state index is -0.512. The molecule has 0 fully saturated rings. The first-order chi connectivity index (χ1) is 12.5. The second-order valence-corrected chi connectivity index (χ2v) is 5.96. The number of amides is 1. The Morgan fingerprint density at radius 2 is 1.50 bits per heavy atom. The molecule has 26 heavy (non-hydrogen) atoms. The highest BCUT2D eigenvalue weighted by Gasteiger charge is 2.23. The average molecular weight is 352 g/mol. The first-order valence-electron chi connectivity index (χ1n) is 8.65. The third-order valence-corrected chi connectivity index (χ3v) is 4.14. The molecular formula is C21H24N2O3. The Morgan fingerprint density at radius 1 is 1.00 bits per heavy atom. The van der Waals surface area contributed by atoms with Crippen LogP contribution in [0.2, 0.25) is 0 Å². The van der Waals surface area contributed by atoms with E-state index in [1.54, 1.807) is 20.8 Å². The van der Waals surface area contributed by atoms with Gasteiger partial charge in [0.2, 0.25) is 0 Å². The Hall–Kier alpha value is -2.95. The number of nitrogens with zero attached hydrogens (tertiary/aromatic N) is 1. The fourth-order valence-electron chi connectivity index (χ4n) is 2.53. The van der Waals surface area contributed by atoms with Crippen LogP contribution in [0.25, 0.3) is 0 Å². The molecule has 0 aromatic heterocycles. The number of hydrazone groups is 1. The number of rotatable bonds is 7. The van der Waals surface area contributed by atoms with E-state index in [-0.39, 0.29) is 11.9 Å². The van der Waals surface area contributed by atoms with Crippen LogP contribution in [-0.2, 0) is 14.3 Å². The van der Waals surface area contributed by atoms with Crippen molar-refractivity contribution in [3.8, 4) is 0 Å². The smallest absolute Gasteiger partial charge is 0.314 e. The molecule has 2 aromatic carbocycles. The second-order valence-electron chi connectivity index (χ2n) is 5.96. The average Bonchev–Trinajstić information content (AvgIpc) is 2.67. The van der Waals surface area contributed by atoms with E-state index < -0.39 is 11.8 Å².